The van der Waals surface area contributed by atoms with Gasteiger partial charge in [-0.1, -0.05) is 30.3 Å². The molecule has 0 aliphatic heterocycles. The van der Waals surface area contributed by atoms with Crippen LogP contribution in [-0.4, -0.2) is 42.2 Å². The summed E-state index contributed by atoms with van der Waals surface area (Å²) in [6, 6.07) is 17.6. The van der Waals surface area contributed by atoms with Crippen LogP contribution in [-0.2, 0) is 0 Å². The Balaban J connectivity index is 1.37. The maximum Gasteiger partial charge on any atom is 0.287 e. The van der Waals surface area contributed by atoms with Crippen LogP contribution in [0.1, 0.15) is 20.8 Å². The molecule has 0 unspecified atom stereocenters. The summed E-state index contributed by atoms with van der Waals surface area (Å²) < 4.78 is 1.46. The molecule has 0 saturated carbocycles. The van der Waals surface area contributed by atoms with E-state index >= 15 is 0 Å². The number of H-pyrrole nitrogens is 1. The highest BCUT2D eigenvalue weighted by molar-refractivity contribution is 5.98. The summed E-state index contributed by atoms with van der Waals surface area (Å²) in [5, 5.41) is 17.6. The third kappa shape index (κ3) is 3.60. The highest BCUT2D eigenvalue weighted by Crippen LogP contribution is 2.16. The second-order valence-electron chi connectivity index (χ2n) is 5.74. The van der Waals surface area contributed by atoms with E-state index in [9.17, 15) is 9.59 Å². The Kier molecular flexibility index (Phi) is 4.58. The van der Waals surface area contributed by atoms with Gasteiger partial charge in [0.1, 0.15) is 12.0 Å². The highest BCUT2D eigenvalue weighted by atomic mass is 16.2. The summed E-state index contributed by atoms with van der Waals surface area (Å²) in [5.74, 6) is -0.965. The Labute approximate surface area is 158 Å². The number of hydrogen-bond donors (Lipinski definition) is 3. The molecule has 0 aliphatic carbocycles. The maximum absolute atomic E-state index is 12.2. The molecule has 10 nitrogen and oxygen atoms in total. The summed E-state index contributed by atoms with van der Waals surface area (Å²) in [5.41, 5.74) is 7.54. The van der Waals surface area contributed by atoms with Crippen LogP contribution in [0.2, 0.25) is 0 Å². The third-order valence-electron chi connectivity index (χ3n) is 3.92. The number of carbonyl (C=O) groups excluding carboxylic acids is 2. The van der Waals surface area contributed by atoms with E-state index in [2.05, 4.69) is 36.6 Å². The van der Waals surface area contributed by atoms with Gasteiger partial charge in [-0.25, -0.2) is 4.68 Å². The van der Waals surface area contributed by atoms with Crippen LogP contribution in [0.4, 0.5) is 0 Å². The zero-order chi connectivity index (χ0) is 19.3. The first-order chi connectivity index (χ1) is 13.7. The number of benzene rings is 2. The lowest BCUT2D eigenvalue weighted by Crippen LogP contribution is -2.41. The van der Waals surface area contributed by atoms with E-state index in [-0.39, 0.29) is 5.69 Å². The molecule has 2 aromatic heterocycles. The van der Waals surface area contributed by atoms with Crippen LogP contribution < -0.4 is 10.9 Å². The first kappa shape index (κ1) is 17.1. The Bertz CT molecular complexity index is 1090. The van der Waals surface area contributed by atoms with E-state index in [1.54, 1.807) is 30.3 Å². The monoisotopic (exact) mass is 374 g/mol. The predicted octanol–water partition coefficient (Wildman–Crippen LogP) is 1.13. The van der Waals surface area contributed by atoms with Crippen LogP contribution in [0.3, 0.4) is 0 Å². The number of tetrazole rings is 1. The number of rotatable bonds is 4. The minimum atomic E-state index is -0.506. The van der Waals surface area contributed by atoms with Gasteiger partial charge >= 0.3 is 0 Å². The Morgan fingerprint density at radius 1 is 0.929 bits per heavy atom. The van der Waals surface area contributed by atoms with E-state index < -0.39 is 11.8 Å². The summed E-state index contributed by atoms with van der Waals surface area (Å²) in [4.78, 5) is 24.4. The van der Waals surface area contributed by atoms with Crippen LogP contribution >= 0.6 is 0 Å². The van der Waals surface area contributed by atoms with Gasteiger partial charge in [0, 0.05) is 11.1 Å². The molecule has 0 bridgehead atoms. The molecule has 138 valence electrons. The average molecular weight is 374 g/mol. The summed E-state index contributed by atoms with van der Waals surface area (Å²) >= 11 is 0. The SMILES string of the molecule is O=C(NNC(=O)c1cc(-c2ccccc2)n[nH]1)c1ccc(-n2cnnn2)cc1. The fourth-order valence-electron chi connectivity index (χ4n) is 2.49. The average Bonchev–Trinajstić information content (AvgIpc) is 3.45. The molecule has 10 heteroatoms. The zero-order valence-corrected chi connectivity index (χ0v) is 14.4. The molecular weight excluding hydrogens is 360 g/mol. The number of amides is 2. The normalized spacial score (nSPS) is 10.4. The largest absolute Gasteiger partial charge is 0.287 e. The van der Waals surface area contributed by atoms with Gasteiger partial charge in [0.05, 0.1) is 11.4 Å². The molecule has 2 heterocycles. The van der Waals surface area contributed by atoms with E-state index in [0.29, 0.717) is 16.9 Å². The van der Waals surface area contributed by atoms with Gasteiger partial charge < -0.3 is 0 Å². The van der Waals surface area contributed by atoms with Crippen molar-refractivity contribution in [2.24, 2.45) is 0 Å². The molecule has 0 fully saturated rings. The lowest BCUT2D eigenvalue weighted by molar-refractivity contribution is 0.0844. The predicted molar refractivity (Wildman–Crippen MR) is 98.1 cm³/mol. The van der Waals surface area contributed by atoms with Crippen LogP contribution in [0, 0.1) is 0 Å². The number of hydrogen-bond acceptors (Lipinski definition) is 6. The highest BCUT2D eigenvalue weighted by Gasteiger charge is 2.13. The molecule has 0 radical (unpaired) electrons. The van der Waals surface area contributed by atoms with E-state index in [1.165, 1.54) is 11.0 Å². The number of hydrazine groups is 1. The van der Waals surface area contributed by atoms with E-state index in [1.807, 2.05) is 30.3 Å². The fourth-order valence-corrected chi connectivity index (χ4v) is 2.49. The Morgan fingerprint density at radius 3 is 2.39 bits per heavy atom. The van der Waals surface area contributed by atoms with Gasteiger partial charge in [0.15, 0.2) is 0 Å². The Morgan fingerprint density at radius 2 is 1.68 bits per heavy atom. The minimum Gasteiger partial charge on any atom is -0.272 e. The van der Waals surface area contributed by atoms with Gasteiger partial charge in [0.2, 0.25) is 0 Å². The number of carbonyl (C=O) groups is 2. The van der Waals surface area contributed by atoms with Crippen molar-refractivity contribution in [3.63, 3.8) is 0 Å². The molecule has 0 aliphatic rings. The van der Waals surface area contributed by atoms with Crippen molar-refractivity contribution < 1.29 is 9.59 Å². The quantitative estimate of drug-likeness (QED) is 0.459. The van der Waals surface area contributed by atoms with Crippen molar-refractivity contribution in [1.29, 1.82) is 0 Å². The molecule has 0 spiro atoms. The first-order valence-electron chi connectivity index (χ1n) is 8.25. The van der Waals surface area contributed by atoms with Crippen molar-refractivity contribution in [2.75, 3.05) is 0 Å². The lowest BCUT2D eigenvalue weighted by Gasteiger charge is -2.07. The molecule has 28 heavy (non-hydrogen) atoms. The number of aromatic amines is 1. The van der Waals surface area contributed by atoms with E-state index in [0.717, 1.165) is 5.56 Å². The van der Waals surface area contributed by atoms with Gasteiger partial charge in [0.25, 0.3) is 11.8 Å². The smallest absolute Gasteiger partial charge is 0.272 e. The molecule has 4 aromatic rings. The topological polar surface area (TPSA) is 130 Å². The number of nitrogens with one attached hydrogen (secondary N) is 3. The molecule has 2 amide bonds. The first-order valence-corrected chi connectivity index (χ1v) is 8.25. The summed E-state index contributed by atoms with van der Waals surface area (Å²) in [6.07, 6.45) is 1.45. The summed E-state index contributed by atoms with van der Waals surface area (Å²) in [7, 11) is 0. The van der Waals surface area contributed by atoms with Crippen LogP contribution in [0.25, 0.3) is 16.9 Å². The van der Waals surface area contributed by atoms with Crippen molar-refractivity contribution >= 4 is 11.8 Å². The molecule has 4 rings (SSSR count). The zero-order valence-electron chi connectivity index (χ0n) is 14.4. The molecule has 0 atom stereocenters. The van der Waals surface area contributed by atoms with Gasteiger partial charge in [-0.05, 0) is 40.8 Å². The van der Waals surface area contributed by atoms with Gasteiger partial charge in [-0.3, -0.25) is 25.5 Å². The van der Waals surface area contributed by atoms with Crippen molar-refractivity contribution in [1.82, 2.24) is 41.3 Å². The molecular formula is C18H14N8O2. The van der Waals surface area contributed by atoms with Gasteiger partial charge in [-0.2, -0.15) is 5.10 Å². The number of aromatic nitrogens is 6. The molecule has 3 N–H and O–H groups in total. The van der Waals surface area contributed by atoms with Crippen molar-refractivity contribution in [2.45, 2.75) is 0 Å². The van der Waals surface area contributed by atoms with Gasteiger partial charge in [-0.15, -0.1) is 5.10 Å². The lowest BCUT2D eigenvalue weighted by atomic mass is 10.1. The van der Waals surface area contributed by atoms with E-state index in [4.69, 9.17) is 0 Å². The van der Waals surface area contributed by atoms with Crippen molar-refractivity contribution in [3.8, 4) is 16.9 Å². The molecule has 0 saturated heterocycles. The van der Waals surface area contributed by atoms with Crippen LogP contribution in [0.5, 0.6) is 0 Å². The van der Waals surface area contributed by atoms with Crippen molar-refractivity contribution in [3.05, 3.63) is 78.2 Å². The maximum atomic E-state index is 12.2. The second-order valence-corrected chi connectivity index (χ2v) is 5.74. The molecule has 2 aromatic carbocycles. The van der Waals surface area contributed by atoms with Crippen LogP contribution in [0.15, 0.2) is 67.0 Å². The second kappa shape index (κ2) is 7.50. The standard InChI is InChI=1S/C18H14N8O2/c27-17(13-6-8-14(9-7-13)26-11-19-24-25-26)22-23-18(28)16-10-15(20-21-16)12-4-2-1-3-5-12/h1-11H,(H,20,21)(H,22,27)(H,23,28). The minimum absolute atomic E-state index is 0.230. The fraction of sp³-hybridized carbons (Fsp3) is 0. The number of nitrogens with zero attached hydrogens (tertiary/aromatic N) is 5. The third-order valence-corrected chi connectivity index (χ3v) is 3.92. The summed E-state index contributed by atoms with van der Waals surface area (Å²) in [6.45, 7) is 0. The Hall–Kier alpha value is -4.34.